The third-order valence-electron chi connectivity index (χ3n) is 3.36. The molecule has 0 aromatic heterocycles. The number of nitrogens with one attached hydrogen (secondary N) is 2. The molecule has 1 heterocycles. The topological polar surface area (TPSA) is 70.6 Å². The second-order valence-electron chi connectivity index (χ2n) is 4.97. The van der Waals surface area contributed by atoms with E-state index in [1.807, 2.05) is 0 Å². The van der Waals surface area contributed by atoms with E-state index in [0.717, 1.165) is 13.0 Å². The Labute approximate surface area is 133 Å². The van der Waals surface area contributed by atoms with Crippen molar-refractivity contribution < 1.29 is 14.6 Å². The van der Waals surface area contributed by atoms with Crippen molar-refractivity contribution >= 4 is 29.2 Å². The summed E-state index contributed by atoms with van der Waals surface area (Å²) in [6.45, 7) is 2.03. The van der Waals surface area contributed by atoms with Crippen LogP contribution >= 0.6 is 23.2 Å². The van der Waals surface area contributed by atoms with Crippen LogP contribution in [-0.4, -0.2) is 37.4 Å². The average Bonchev–Trinajstić information content (AvgIpc) is 2.96. The summed E-state index contributed by atoms with van der Waals surface area (Å²) in [4.78, 5) is 11.7. The van der Waals surface area contributed by atoms with E-state index in [-0.39, 0.29) is 12.6 Å². The second-order valence-corrected chi connectivity index (χ2v) is 5.79. The molecule has 0 aliphatic carbocycles. The van der Waals surface area contributed by atoms with Crippen molar-refractivity contribution in [3.05, 3.63) is 33.8 Å². The number of aliphatic hydroxyl groups excluding tert-OH is 1. The van der Waals surface area contributed by atoms with E-state index in [1.54, 1.807) is 18.2 Å². The molecule has 3 N–H and O–H groups in total. The SMILES string of the molecule is O=C(NC[C@H]1CCOC1)NC[C@@H](O)c1c(Cl)cccc1Cl. The molecule has 5 nitrogen and oxygen atoms in total. The Morgan fingerprint density at radius 3 is 2.71 bits per heavy atom. The maximum Gasteiger partial charge on any atom is 0.314 e. The molecule has 1 aliphatic rings. The van der Waals surface area contributed by atoms with Crippen molar-refractivity contribution in [1.82, 2.24) is 10.6 Å². The van der Waals surface area contributed by atoms with Crippen LogP contribution in [0.5, 0.6) is 0 Å². The van der Waals surface area contributed by atoms with Gasteiger partial charge in [-0.2, -0.15) is 0 Å². The van der Waals surface area contributed by atoms with E-state index in [2.05, 4.69) is 10.6 Å². The van der Waals surface area contributed by atoms with E-state index < -0.39 is 6.10 Å². The summed E-state index contributed by atoms with van der Waals surface area (Å²) < 4.78 is 5.23. The predicted octanol–water partition coefficient (Wildman–Crippen LogP) is 2.36. The third-order valence-corrected chi connectivity index (χ3v) is 4.02. The van der Waals surface area contributed by atoms with Crippen LogP contribution in [0.1, 0.15) is 18.1 Å². The first-order valence-corrected chi connectivity index (χ1v) is 7.55. The quantitative estimate of drug-likeness (QED) is 0.775. The van der Waals surface area contributed by atoms with Crippen LogP contribution in [-0.2, 0) is 4.74 Å². The highest BCUT2D eigenvalue weighted by atomic mass is 35.5. The lowest BCUT2D eigenvalue weighted by atomic mass is 10.1. The number of halogens is 2. The lowest BCUT2D eigenvalue weighted by molar-refractivity contribution is 0.172. The summed E-state index contributed by atoms with van der Waals surface area (Å²) in [5.41, 5.74) is 0.422. The minimum atomic E-state index is -0.952. The molecule has 7 heteroatoms. The first-order chi connectivity index (χ1) is 10.1. The maximum atomic E-state index is 11.7. The van der Waals surface area contributed by atoms with E-state index in [4.69, 9.17) is 27.9 Å². The highest BCUT2D eigenvalue weighted by Crippen LogP contribution is 2.29. The molecule has 1 aliphatic heterocycles. The van der Waals surface area contributed by atoms with Gasteiger partial charge in [-0.25, -0.2) is 4.79 Å². The van der Waals surface area contributed by atoms with Gasteiger partial charge >= 0.3 is 6.03 Å². The fraction of sp³-hybridized carbons (Fsp3) is 0.500. The molecule has 1 fully saturated rings. The highest BCUT2D eigenvalue weighted by Gasteiger charge is 2.18. The second kappa shape index (κ2) is 7.84. The summed E-state index contributed by atoms with van der Waals surface area (Å²) >= 11 is 12.0. The summed E-state index contributed by atoms with van der Waals surface area (Å²) in [5.74, 6) is 0.360. The van der Waals surface area contributed by atoms with Crippen LogP contribution < -0.4 is 10.6 Å². The van der Waals surface area contributed by atoms with Crippen molar-refractivity contribution in [2.45, 2.75) is 12.5 Å². The lowest BCUT2D eigenvalue weighted by Crippen LogP contribution is -2.40. The van der Waals surface area contributed by atoms with E-state index in [0.29, 0.717) is 34.7 Å². The number of hydrogen-bond donors (Lipinski definition) is 3. The number of amides is 2. The molecular formula is C14H18Cl2N2O3. The van der Waals surface area contributed by atoms with Crippen LogP contribution in [0.2, 0.25) is 10.0 Å². The first-order valence-electron chi connectivity index (χ1n) is 6.79. The molecule has 2 rings (SSSR count). The van der Waals surface area contributed by atoms with E-state index in [9.17, 15) is 9.90 Å². The number of benzene rings is 1. The fourth-order valence-electron chi connectivity index (χ4n) is 2.16. The number of urea groups is 1. The Balaban J connectivity index is 1.77. The molecule has 1 saturated heterocycles. The van der Waals surface area contributed by atoms with Crippen LogP contribution in [0.3, 0.4) is 0 Å². The minimum Gasteiger partial charge on any atom is -0.386 e. The van der Waals surface area contributed by atoms with Crippen molar-refractivity contribution in [2.75, 3.05) is 26.3 Å². The average molecular weight is 333 g/mol. The van der Waals surface area contributed by atoms with Gasteiger partial charge in [-0.05, 0) is 18.6 Å². The zero-order valence-electron chi connectivity index (χ0n) is 11.4. The van der Waals surface area contributed by atoms with Crippen molar-refractivity contribution in [3.63, 3.8) is 0 Å². The van der Waals surface area contributed by atoms with Crippen LogP contribution in [0.25, 0.3) is 0 Å². The smallest absolute Gasteiger partial charge is 0.314 e. The van der Waals surface area contributed by atoms with Gasteiger partial charge in [0, 0.05) is 41.2 Å². The van der Waals surface area contributed by atoms with Gasteiger partial charge < -0.3 is 20.5 Å². The van der Waals surface area contributed by atoms with Gasteiger partial charge in [0.15, 0.2) is 0 Å². The Bertz CT molecular complexity index is 473. The molecular weight excluding hydrogens is 315 g/mol. The Morgan fingerprint density at radius 1 is 1.38 bits per heavy atom. The van der Waals surface area contributed by atoms with Crippen molar-refractivity contribution in [2.24, 2.45) is 5.92 Å². The van der Waals surface area contributed by atoms with E-state index in [1.165, 1.54) is 0 Å². The summed E-state index contributed by atoms with van der Waals surface area (Å²) in [6.07, 6.45) is 0.00441. The van der Waals surface area contributed by atoms with Gasteiger partial charge in [-0.1, -0.05) is 29.3 Å². The van der Waals surface area contributed by atoms with Gasteiger partial charge in [0.05, 0.1) is 12.7 Å². The molecule has 21 heavy (non-hydrogen) atoms. The standard InChI is InChI=1S/C14H18Cl2N2O3/c15-10-2-1-3-11(16)13(10)12(19)7-18-14(20)17-6-9-4-5-21-8-9/h1-3,9,12,19H,4-8H2,(H2,17,18,20)/t9-,12-/m1/s1. The number of aliphatic hydroxyl groups is 1. The van der Waals surface area contributed by atoms with Crippen LogP contribution in [0.15, 0.2) is 18.2 Å². The Morgan fingerprint density at radius 2 is 2.10 bits per heavy atom. The predicted molar refractivity (Wildman–Crippen MR) is 81.7 cm³/mol. The zero-order valence-corrected chi connectivity index (χ0v) is 13.0. The number of carbonyl (C=O) groups is 1. The van der Waals surface area contributed by atoms with Gasteiger partial charge in [0.1, 0.15) is 0 Å². The monoisotopic (exact) mass is 332 g/mol. The molecule has 116 valence electrons. The van der Waals surface area contributed by atoms with Crippen molar-refractivity contribution in [3.8, 4) is 0 Å². The Kier molecular flexibility index (Phi) is 6.11. The highest BCUT2D eigenvalue weighted by molar-refractivity contribution is 6.36. The first kappa shape index (κ1) is 16.4. The molecule has 1 aromatic rings. The lowest BCUT2D eigenvalue weighted by Gasteiger charge is -2.16. The number of rotatable bonds is 5. The molecule has 0 unspecified atom stereocenters. The molecule has 0 spiro atoms. The van der Waals surface area contributed by atoms with Gasteiger partial charge in [-0.15, -0.1) is 0 Å². The number of carbonyl (C=O) groups excluding carboxylic acids is 1. The maximum absolute atomic E-state index is 11.7. The van der Waals surface area contributed by atoms with Gasteiger partial charge in [-0.3, -0.25) is 0 Å². The summed E-state index contributed by atoms with van der Waals surface area (Å²) in [7, 11) is 0. The van der Waals surface area contributed by atoms with Crippen LogP contribution in [0.4, 0.5) is 4.79 Å². The minimum absolute atomic E-state index is 0.0381. The summed E-state index contributed by atoms with van der Waals surface area (Å²) in [5, 5.41) is 16.2. The molecule has 0 bridgehead atoms. The van der Waals surface area contributed by atoms with Gasteiger partial charge in [0.25, 0.3) is 0 Å². The van der Waals surface area contributed by atoms with Crippen molar-refractivity contribution in [1.29, 1.82) is 0 Å². The fourth-order valence-corrected chi connectivity index (χ4v) is 2.81. The molecule has 0 radical (unpaired) electrons. The molecule has 1 aromatic carbocycles. The number of hydrogen-bond acceptors (Lipinski definition) is 3. The van der Waals surface area contributed by atoms with Crippen LogP contribution in [0, 0.1) is 5.92 Å². The molecule has 2 atom stereocenters. The zero-order chi connectivity index (χ0) is 15.2. The molecule has 2 amide bonds. The normalized spacial score (nSPS) is 19.3. The third kappa shape index (κ3) is 4.74. The van der Waals surface area contributed by atoms with E-state index >= 15 is 0 Å². The Hall–Kier alpha value is -1.01. The molecule has 0 saturated carbocycles. The summed E-state index contributed by atoms with van der Waals surface area (Å²) in [6, 6.07) is 4.66. The largest absolute Gasteiger partial charge is 0.386 e. The number of ether oxygens (including phenoxy) is 1. The van der Waals surface area contributed by atoms with Gasteiger partial charge in [0.2, 0.25) is 0 Å².